The van der Waals surface area contributed by atoms with Gasteiger partial charge >= 0.3 is 6.18 Å². The number of rotatable bonds is 8. The molecule has 1 fully saturated rings. The molecule has 2 aromatic rings. The van der Waals surface area contributed by atoms with Gasteiger partial charge in [-0.05, 0) is 49.1 Å². The molecule has 2 aliphatic heterocycles. The highest BCUT2D eigenvalue weighted by molar-refractivity contribution is 5.99. The minimum atomic E-state index is -4.37. The SMILES string of the molecule is C[C@@H]1Cc2cc(/C(N=N)=N/N)ccc2[C@@H](c2ccc(NC3CN(CCCF)C3)cn2)N1CC(F)(F)F. The van der Waals surface area contributed by atoms with E-state index < -0.39 is 24.8 Å². The van der Waals surface area contributed by atoms with Gasteiger partial charge in [0.15, 0.2) is 5.84 Å². The standard InChI is InChI=1S/C24H30F4N8/c1-15-9-17-10-16(23(33-29)34-30)3-5-20(17)22(36(15)14-24(26,27)28)21-6-4-18(11-31-21)32-19-12-35(13-19)8-2-7-25/h3-6,10-11,15,19,22,29,32H,2,7-9,12-14,30H2,1H3/b33-29?,34-23-/t15-,22+/m1/s1. The zero-order valence-corrected chi connectivity index (χ0v) is 20.0. The monoisotopic (exact) mass is 506 g/mol. The number of hydrogen-bond donors (Lipinski definition) is 3. The lowest BCUT2D eigenvalue weighted by molar-refractivity contribution is -0.155. The van der Waals surface area contributed by atoms with Crippen LogP contribution >= 0.6 is 0 Å². The second-order valence-electron chi connectivity index (χ2n) is 9.34. The zero-order valence-electron chi connectivity index (χ0n) is 20.0. The van der Waals surface area contributed by atoms with E-state index in [0.29, 0.717) is 24.1 Å². The van der Waals surface area contributed by atoms with Crippen LogP contribution in [0.5, 0.6) is 0 Å². The number of benzene rings is 1. The number of fused-ring (bicyclic) bond motifs is 1. The van der Waals surface area contributed by atoms with Crippen molar-refractivity contribution in [1.29, 1.82) is 5.53 Å². The van der Waals surface area contributed by atoms with Crippen LogP contribution in [0.4, 0.5) is 23.2 Å². The van der Waals surface area contributed by atoms with E-state index in [1.165, 1.54) is 4.90 Å². The number of nitrogens with one attached hydrogen (secondary N) is 2. The Bertz CT molecular complexity index is 1080. The molecule has 4 N–H and O–H groups in total. The quantitative estimate of drug-likeness (QED) is 0.125. The fourth-order valence-corrected chi connectivity index (χ4v) is 5.02. The molecular weight excluding hydrogens is 476 g/mol. The molecular formula is C24H30F4N8. The lowest BCUT2D eigenvalue weighted by atomic mass is 9.85. The Hall–Kier alpha value is -3.12. The van der Waals surface area contributed by atoms with E-state index >= 15 is 0 Å². The van der Waals surface area contributed by atoms with Crippen LogP contribution in [0, 0.1) is 5.53 Å². The Morgan fingerprint density at radius 1 is 1.25 bits per heavy atom. The topological polar surface area (TPSA) is 106 Å². The Morgan fingerprint density at radius 3 is 2.64 bits per heavy atom. The van der Waals surface area contributed by atoms with Gasteiger partial charge in [-0.3, -0.25) is 19.2 Å². The first kappa shape index (κ1) is 26.0. The van der Waals surface area contributed by atoms with Crippen LogP contribution in [0.2, 0.25) is 0 Å². The molecule has 0 radical (unpaired) electrons. The summed E-state index contributed by atoms with van der Waals surface area (Å²) in [5.41, 5.74) is 10.7. The van der Waals surface area contributed by atoms with E-state index in [-0.39, 0.29) is 18.6 Å². The normalized spacial score (nSPS) is 21.6. The van der Waals surface area contributed by atoms with Gasteiger partial charge in [0, 0.05) is 31.2 Å². The fraction of sp³-hybridized carbons (Fsp3) is 0.500. The first-order valence-corrected chi connectivity index (χ1v) is 11.8. The summed E-state index contributed by atoms with van der Waals surface area (Å²) in [5.74, 6) is 5.38. The minimum absolute atomic E-state index is 0.0486. The van der Waals surface area contributed by atoms with Crippen molar-refractivity contribution in [3.05, 3.63) is 58.9 Å². The molecule has 194 valence electrons. The lowest BCUT2D eigenvalue weighted by Crippen LogP contribution is -2.54. The molecule has 0 saturated carbocycles. The van der Waals surface area contributed by atoms with Gasteiger partial charge in [0.25, 0.3) is 0 Å². The molecule has 8 nitrogen and oxygen atoms in total. The van der Waals surface area contributed by atoms with E-state index in [9.17, 15) is 17.6 Å². The van der Waals surface area contributed by atoms with Crippen LogP contribution in [0.3, 0.4) is 0 Å². The number of pyridine rings is 1. The van der Waals surface area contributed by atoms with E-state index in [0.717, 1.165) is 36.4 Å². The maximum Gasteiger partial charge on any atom is 0.401 e. The van der Waals surface area contributed by atoms with E-state index in [2.05, 4.69) is 25.4 Å². The third kappa shape index (κ3) is 5.81. The van der Waals surface area contributed by atoms with Crippen LogP contribution in [0.25, 0.3) is 0 Å². The van der Waals surface area contributed by atoms with Gasteiger partial charge in [0.05, 0.1) is 42.9 Å². The Balaban J connectivity index is 1.59. The number of hydrazone groups is 1. The second kappa shape index (κ2) is 10.9. The second-order valence-corrected chi connectivity index (χ2v) is 9.34. The van der Waals surface area contributed by atoms with Gasteiger partial charge in [-0.25, -0.2) is 5.53 Å². The summed E-state index contributed by atoms with van der Waals surface area (Å²) < 4.78 is 53.0. The summed E-state index contributed by atoms with van der Waals surface area (Å²) >= 11 is 0. The number of aromatic nitrogens is 1. The summed E-state index contributed by atoms with van der Waals surface area (Å²) in [6.45, 7) is 2.75. The van der Waals surface area contributed by atoms with Crippen LogP contribution in [0.15, 0.2) is 46.7 Å². The number of anilines is 1. The van der Waals surface area contributed by atoms with Gasteiger partial charge in [0.2, 0.25) is 0 Å². The highest BCUT2D eigenvalue weighted by Crippen LogP contribution is 2.39. The number of amidine groups is 1. The number of hydrogen-bond acceptors (Lipinski definition) is 7. The lowest BCUT2D eigenvalue weighted by Gasteiger charge is -2.42. The van der Waals surface area contributed by atoms with Crippen molar-refractivity contribution in [2.75, 3.05) is 38.2 Å². The van der Waals surface area contributed by atoms with Crippen LogP contribution in [-0.4, -0.2) is 71.7 Å². The summed E-state index contributed by atoms with van der Waals surface area (Å²) in [6, 6.07) is 7.92. The molecule has 1 aromatic heterocycles. The molecule has 3 heterocycles. The van der Waals surface area contributed by atoms with Crippen LogP contribution in [-0.2, 0) is 6.42 Å². The van der Waals surface area contributed by atoms with E-state index in [1.807, 2.05) is 6.07 Å². The number of alkyl halides is 4. The van der Waals surface area contributed by atoms with Gasteiger partial charge in [-0.1, -0.05) is 12.1 Å². The highest BCUT2D eigenvalue weighted by Gasteiger charge is 2.41. The third-order valence-corrected chi connectivity index (χ3v) is 6.70. The van der Waals surface area contributed by atoms with Gasteiger partial charge in [0.1, 0.15) is 0 Å². The third-order valence-electron chi connectivity index (χ3n) is 6.70. The molecule has 0 unspecified atom stereocenters. The molecule has 12 heteroatoms. The predicted octanol–water partition coefficient (Wildman–Crippen LogP) is 4.09. The van der Waals surface area contributed by atoms with Crippen molar-refractivity contribution in [2.45, 2.75) is 44.1 Å². The molecule has 0 amide bonds. The molecule has 1 aromatic carbocycles. The molecule has 1 saturated heterocycles. The number of nitrogens with zero attached hydrogens (tertiary/aromatic N) is 5. The van der Waals surface area contributed by atoms with E-state index in [4.69, 9.17) is 11.4 Å². The molecule has 4 rings (SSSR count). The van der Waals surface area contributed by atoms with Crippen molar-refractivity contribution >= 4 is 11.5 Å². The van der Waals surface area contributed by atoms with Crippen molar-refractivity contribution < 1.29 is 17.6 Å². The average molecular weight is 507 g/mol. The summed E-state index contributed by atoms with van der Waals surface area (Å²) in [4.78, 5) is 8.15. The van der Waals surface area contributed by atoms with Crippen molar-refractivity contribution in [3.8, 4) is 0 Å². The molecule has 2 atom stereocenters. The van der Waals surface area contributed by atoms with Crippen molar-refractivity contribution in [3.63, 3.8) is 0 Å². The van der Waals surface area contributed by atoms with Crippen LogP contribution < -0.4 is 11.2 Å². The predicted molar refractivity (Wildman–Crippen MR) is 129 cm³/mol. The number of likely N-dealkylation sites (tertiary alicyclic amines) is 1. The molecule has 0 spiro atoms. The van der Waals surface area contributed by atoms with Crippen molar-refractivity contribution in [2.24, 2.45) is 16.1 Å². The first-order valence-electron chi connectivity index (χ1n) is 11.8. The van der Waals surface area contributed by atoms with Gasteiger partial charge in [-0.15, -0.1) is 5.11 Å². The maximum atomic E-state index is 13.5. The Labute approximate surface area is 207 Å². The first-order chi connectivity index (χ1) is 17.2. The van der Waals surface area contributed by atoms with Crippen molar-refractivity contribution in [1.82, 2.24) is 14.8 Å². The minimum Gasteiger partial charge on any atom is -0.378 e. The largest absolute Gasteiger partial charge is 0.401 e. The van der Waals surface area contributed by atoms with E-state index in [1.54, 1.807) is 37.4 Å². The molecule has 0 bridgehead atoms. The molecule has 2 aliphatic rings. The zero-order chi connectivity index (χ0) is 25.9. The summed E-state index contributed by atoms with van der Waals surface area (Å²) in [5, 5.41) is 10.2. The fourth-order valence-electron chi connectivity index (χ4n) is 5.02. The Morgan fingerprint density at radius 2 is 2.03 bits per heavy atom. The molecule has 0 aliphatic carbocycles. The summed E-state index contributed by atoms with van der Waals surface area (Å²) in [6.07, 6.45) is -1.80. The highest BCUT2D eigenvalue weighted by atomic mass is 19.4. The van der Waals surface area contributed by atoms with Gasteiger partial charge in [-0.2, -0.15) is 18.3 Å². The van der Waals surface area contributed by atoms with Crippen LogP contribution in [0.1, 0.15) is 41.8 Å². The molecule has 36 heavy (non-hydrogen) atoms. The maximum absolute atomic E-state index is 13.5. The summed E-state index contributed by atoms with van der Waals surface area (Å²) in [7, 11) is 0. The number of halogens is 4. The Kier molecular flexibility index (Phi) is 7.84. The number of nitrogens with two attached hydrogens (primary N) is 1. The average Bonchev–Trinajstić information content (AvgIpc) is 2.81. The van der Waals surface area contributed by atoms with Gasteiger partial charge < -0.3 is 11.2 Å². The smallest absolute Gasteiger partial charge is 0.378 e.